The number of nitro benzene ring substituents is 1. The van der Waals surface area contributed by atoms with Crippen LogP contribution in [-0.2, 0) is 5.60 Å². The number of halogens is 3. The third-order valence-electron chi connectivity index (χ3n) is 2.17. The SMILES string of the molecule is CC(O)(c1cccc([N+](=O)[O-])c1)C(F)(F)Br. The van der Waals surface area contributed by atoms with Crippen molar-refractivity contribution in [2.24, 2.45) is 0 Å². The lowest BCUT2D eigenvalue weighted by molar-refractivity contribution is -0.385. The minimum atomic E-state index is -3.57. The molecule has 1 aromatic carbocycles. The Bertz CT molecular complexity index is 417. The fourth-order valence-corrected chi connectivity index (χ4v) is 1.31. The van der Waals surface area contributed by atoms with Gasteiger partial charge in [-0.3, -0.25) is 10.1 Å². The zero-order valence-electron chi connectivity index (χ0n) is 8.15. The van der Waals surface area contributed by atoms with E-state index in [2.05, 4.69) is 0 Å². The predicted octanol–water partition coefficient (Wildman–Crippen LogP) is 2.79. The van der Waals surface area contributed by atoms with Crippen molar-refractivity contribution >= 4 is 21.6 Å². The molecule has 88 valence electrons. The second-order valence-corrected chi connectivity index (χ2v) is 4.37. The molecule has 0 heterocycles. The van der Waals surface area contributed by atoms with Gasteiger partial charge in [0.1, 0.15) is 0 Å². The summed E-state index contributed by atoms with van der Waals surface area (Å²) < 4.78 is 26.0. The third kappa shape index (κ3) is 2.35. The summed E-state index contributed by atoms with van der Waals surface area (Å²) in [7, 11) is 0. The molecule has 4 nitrogen and oxygen atoms in total. The molecule has 0 aliphatic rings. The highest BCUT2D eigenvalue weighted by molar-refractivity contribution is 9.10. The van der Waals surface area contributed by atoms with Gasteiger partial charge in [0.25, 0.3) is 5.69 Å². The number of rotatable bonds is 3. The molecule has 0 bridgehead atoms. The lowest BCUT2D eigenvalue weighted by Gasteiger charge is -2.28. The first-order valence-corrected chi connectivity index (χ1v) is 4.99. The minimum absolute atomic E-state index is 0.233. The molecule has 0 radical (unpaired) electrons. The van der Waals surface area contributed by atoms with E-state index in [4.69, 9.17) is 0 Å². The van der Waals surface area contributed by atoms with Crippen molar-refractivity contribution in [1.82, 2.24) is 0 Å². The molecule has 1 rings (SSSR count). The van der Waals surface area contributed by atoms with E-state index in [-0.39, 0.29) is 11.3 Å². The first-order valence-electron chi connectivity index (χ1n) is 4.20. The van der Waals surface area contributed by atoms with Gasteiger partial charge >= 0.3 is 4.83 Å². The lowest BCUT2D eigenvalue weighted by atomic mass is 9.96. The monoisotopic (exact) mass is 295 g/mol. The summed E-state index contributed by atoms with van der Waals surface area (Å²) in [4.78, 5) is 6.16. The molecular weight excluding hydrogens is 288 g/mol. The van der Waals surface area contributed by atoms with Crippen LogP contribution >= 0.6 is 15.9 Å². The first-order chi connectivity index (χ1) is 7.16. The summed E-state index contributed by atoms with van der Waals surface area (Å²) in [5.74, 6) is 0. The molecular formula is C9H8BrF2NO3. The summed E-state index contributed by atoms with van der Waals surface area (Å²) in [6.45, 7) is 0.876. The molecule has 0 aromatic heterocycles. The summed E-state index contributed by atoms with van der Waals surface area (Å²) in [6.07, 6.45) is 0. The van der Waals surface area contributed by atoms with E-state index in [1.54, 1.807) is 0 Å². The van der Waals surface area contributed by atoms with Crippen LogP contribution < -0.4 is 0 Å². The van der Waals surface area contributed by atoms with Gasteiger partial charge in [0.05, 0.1) is 4.92 Å². The van der Waals surface area contributed by atoms with Gasteiger partial charge in [-0.1, -0.05) is 12.1 Å². The van der Waals surface area contributed by atoms with Gasteiger partial charge in [-0.05, 0) is 28.4 Å². The van der Waals surface area contributed by atoms with Crippen LogP contribution in [0.3, 0.4) is 0 Å². The number of non-ortho nitro benzene ring substituents is 1. The number of hydrogen-bond donors (Lipinski definition) is 1. The molecule has 0 spiro atoms. The Morgan fingerprint density at radius 2 is 2.06 bits per heavy atom. The lowest BCUT2D eigenvalue weighted by Crippen LogP contribution is -2.37. The number of nitro groups is 1. The molecule has 1 atom stereocenters. The van der Waals surface area contributed by atoms with E-state index in [0.717, 1.165) is 19.1 Å². The van der Waals surface area contributed by atoms with E-state index in [1.807, 2.05) is 15.9 Å². The highest BCUT2D eigenvalue weighted by atomic mass is 79.9. The quantitative estimate of drug-likeness (QED) is 0.530. The molecule has 0 amide bonds. The normalized spacial score (nSPS) is 15.6. The zero-order valence-corrected chi connectivity index (χ0v) is 9.74. The Kier molecular flexibility index (Phi) is 3.30. The summed E-state index contributed by atoms with van der Waals surface area (Å²) in [5, 5.41) is 20.1. The molecule has 16 heavy (non-hydrogen) atoms. The average Bonchev–Trinajstić information content (AvgIpc) is 2.16. The van der Waals surface area contributed by atoms with Crippen molar-refractivity contribution in [2.75, 3.05) is 0 Å². The number of hydrogen-bond acceptors (Lipinski definition) is 3. The number of nitrogens with zero attached hydrogens (tertiary/aromatic N) is 1. The molecule has 0 aliphatic heterocycles. The molecule has 7 heteroatoms. The maximum atomic E-state index is 13.0. The topological polar surface area (TPSA) is 63.4 Å². The van der Waals surface area contributed by atoms with Crippen molar-refractivity contribution < 1.29 is 18.8 Å². The smallest absolute Gasteiger partial charge is 0.333 e. The van der Waals surface area contributed by atoms with E-state index < -0.39 is 15.4 Å². The van der Waals surface area contributed by atoms with Crippen molar-refractivity contribution in [3.8, 4) is 0 Å². The van der Waals surface area contributed by atoms with Gasteiger partial charge in [-0.25, -0.2) is 0 Å². The van der Waals surface area contributed by atoms with Gasteiger partial charge in [-0.15, -0.1) is 0 Å². The van der Waals surface area contributed by atoms with E-state index in [9.17, 15) is 24.0 Å². The Hall–Kier alpha value is -1.08. The van der Waals surface area contributed by atoms with Crippen LogP contribution in [-0.4, -0.2) is 14.9 Å². The molecule has 1 aromatic rings. The maximum Gasteiger partial charge on any atom is 0.333 e. The number of benzene rings is 1. The van der Waals surface area contributed by atoms with Gasteiger partial charge in [0, 0.05) is 12.1 Å². The maximum absolute atomic E-state index is 13.0. The van der Waals surface area contributed by atoms with Gasteiger partial charge < -0.3 is 5.11 Å². The summed E-state index contributed by atoms with van der Waals surface area (Å²) in [5.41, 5.74) is -3.10. The number of alkyl halides is 3. The minimum Gasteiger partial charge on any atom is -0.378 e. The van der Waals surface area contributed by atoms with Crippen LogP contribution in [0.5, 0.6) is 0 Å². The fraction of sp³-hybridized carbons (Fsp3) is 0.333. The first kappa shape index (κ1) is 13.0. The highest BCUT2D eigenvalue weighted by Crippen LogP contribution is 2.42. The van der Waals surface area contributed by atoms with E-state index >= 15 is 0 Å². The standard InChI is InChI=1S/C9H8BrF2NO3/c1-8(14,9(10,11)12)6-3-2-4-7(5-6)13(15)16/h2-5,14H,1H3. The Labute approximate surface area is 98.2 Å². The molecule has 0 aliphatic carbocycles. The Morgan fingerprint density at radius 3 is 2.50 bits per heavy atom. The largest absolute Gasteiger partial charge is 0.378 e. The van der Waals surface area contributed by atoms with Crippen LogP contribution in [0, 0.1) is 10.1 Å². The van der Waals surface area contributed by atoms with Gasteiger partial charge in [0.15, 0.2) is 5.60 Å². The zero-order chi connectivity index (χ0) is 12.6. The highest BCUT2D eigenvalue weighted by Gasteiger charge is 2.48. The van der Waals surface area contributed by atoms with Crippen LogP contribution in [0.15, 0.2) is 24.3 Å². The molecule has 0 saturated carbocycles. The van der Waals surface area contributed by atoms with Crippen LogP contribution in [0.4, 0.5) is 14.5 Å². The molecule has 1 N–H and O–H groups in total. The molecule has 0 fully saturated rings. The van der Waals surface area contributed by atoms with Crippen molar-refractivity contribution in [1.29, 1.82) is 0 Å². The molecule has 0 saturated heterocycles. The van der Waals surface area contributed by atoms with Crippen molar-refractivity contribution in [3.63, 3.8) is 0 Å². The predicted molar refractivity (Wildman–Crippen MR) is 56.5 cm³/mol. The Balaban J connectivity index is 3.24. The van der Waals surface area contributed by atoms with E-state index in [1.165, 1.54) is 12.1 Å². The van der Waals surface area contributed by atoms with Crippen LogP contribution in [0.2, 0.25) is 0 Å². The summed E-state index contributed by atoms with van der Waals surface area (Å²) >= 11 is 2.05. The summed E-state index contributed by atoms with van der Waals surface area (Å²) in [6, 6.07) is 4.50. The second-order valence-electron chi connectivity index (χ2n) is 3.38. The van der Waals surface area contributed by atoms with Crippen molar-refractivity contribution in [2.45, 2.75) is 17.4 Å². The van der Waals surface area contributed by atoms with Crippen molar-refractivity contribution in [3.05, 3.63) is 39.9 Å². The third-order valence-corrected chi connectivity index (χ3v) is 2.94. The fourth-order valence-electron chi connectivity index (χ4n) is 1.09. The van der Waals surface area contributed by atoms with Gasteiger partial charge in [0.2, 0.25) is 0 Å². The van der Waals surface area contributed by atoms with E-state index in [0.29, 0.717) is 0 Å². The number of aliphatic hydroxyl groups is 1. The average molecular weight is 296 g/mol. The van der Waals surface area contributed by atoms with Gasteiger partial charge in [-0.2, -0.15) is 8.78 Å². The molecule has 1 unspecified atom stereocenters. The Morgan fingerprint density at radius 1 is 1.50 bits per heavy atom. The second kappa shape index (κ2) is 4.06. The van der Waals surface area contributed by atoms with Crippen LogP contribution in [0.25, 0.3) is 0 Å². The van der Waals surface area contributed by atoms with Crippen LogP contribution in [0.1, 0.15) is 12.5 Å².